The second-order valence-corrected chi connectivity index (χ2v) is 5.53. The molecule has 0 aliphatic carbocycles. The quantitative estimate of drug-likeness (QED) is 0.726. The Balaban J connectivity index is 2.16. The van der Waals surface area contributed by atoms with Crippen molar-refractivity contribution < 1.29 is 4.39 Å². The fourth-order valence-corrected chi connectivity index (χ4v) is 1.92. The van der Waals surface area contributed by atoms with Crippen molar-refractivity contribution >= 4 is 0 Å². The summed E-state index contributed by atoms with van der Waals surface area (Å²) in [7, 11) is 2.16. The molecule has 0 radical (unpaired) electrons. The van der Waals surface area contributed by atoms with Crippen LogP contribution in [0.3, 0.4) is 0 Å². The standard InChI is InChI=1S/C16H27FN2/c1-13(2)19(4)10-6-5-9-18-12-15-11-16(17)8-7-14(15)3/h7-8,11,13,18H,5-6,9-10,12H2,1-4H3. The summed E-state index contributed by atoms with van der Waals surface area (Å²) in [5.41, 5.74) is 2.20. The van der Waals surface area contributed by atoms with Gasteiger partial charge in [0.15, 0.2) is 0 Å². The van der Waals surface area contributed by atoms with E-state index < -0.39 is 0 Å². The van der Waals surface area contributed by atoms with Gasteiger partial charge < -0.3 is 10.2 Å². The zero-order valence-electron chi connectivity index (χ0n) is 12.7. The lowest BCUT2D eigenvalue weighted by Crippen LogP contribution is -2.27. The summed E-state index contributed by atoms with van der Waals surface area (Å²) in [5, 5.41) is 3.39. The fourth-order valence-electron chi connectivity index (χ4n) is 1.92. The average molecular weight is 266 g/mol. The van der Waals surface area contributed by atoms with E-state index in [-0.39, 0.29) is 5.82 Å². The molecule has 0 fully saturated rings. The smallest absolute Gasteiger partial charge is 0.123 e. The molecule has 0 unspecified atom stereocenters. The van der Waals surface area contributed by atoms with Crippen molar-refractivity contribution in [1.82, 2.24) is 10.2 Å². The van der Waals surface area contributed by atoms with Crippen molar-refractivity contribution in [3.8, 4) is 0 Å². The van der Waals surface area contributed by atoms with Crippen molar-refractivity contribution in [3.63, 3.8) is 0 Å². The summed E-state index contributed by atoms with van der Waals surface area (Å²) in [6, 6.07) is 5.59. The van der Waals surface area contributed by atoms with Gasteiger partial charge in [0.25, 0.3) is 0 Å². The Morgan fingerprint density at radius 3 is 2.68 bits per heavy atom. The zero-order chi connectivity index (χ0) is 14.3. The van der Waals surface area contributed by atoms with E-state index in [1.165, 1.54) is 12.5 Å². The molecule has 0 atom stereocenters. The highest BCUT2D eigenvalue weighted by atomic mass is 19.1. The number of nitrogens with zero attached hydrogens (tertiary/aromatic N) is 1. The van der Waals surface area contributed by atoms with E-state index in [4.69, 9.17) is 0 Å². The van der Waals surface area contributed by atoms with Crippen LogP contribution in [0.25, 0.3) is 0 Å². The van der Waals surface area contributed by atoms with Crippen LogP contribution in [0.15, 0.2) is 18.2 Å². The normalized spacial score (nSPS) is 11.5. The summed E-state index contributed by atoms with van der Waals surface area (Å²) in [6.07, 6.45) is 2.36. The van der Waals surface area contributed by atoms with Crippen LogP contribution in [0.5, 0.6) is 0 Å². The number of hydrogen-bond acceptors (Lipinski definition) is 2. The third-order valence-corrected chi connectivity index (χ3v) is 3.62. The molecule has 0 saturated carbocycles. The maximum atomic E-state index is 13.1. The fraction of sp³-hybridized carbons (Fsp3) is 0.625. The largest absolute Gasteiger partial charge is 0.313 e. The Kier molecular flexibility index (Phi) is 7.03. The van der Waals surface area contributed by atoms with Crippen molar-refractivity contribution in [2.24, 2.45) is 0 Å². The average Bonchev–Trinajstić information content (AvgIpc) is 2.37. The number of hydrogen-bond donors (Lipinski definition) is 1. The van der Waals surface area contributed by atoms with Gasteiger partial charge in [-0.2, -0.15) is 0 Å². The van der Waals surface area contributed by atoms with Gasteiger partial charge in [0, 0.05) is 12.6 Å². The molecular weight excluding hydrogens is 239 g/mol. The van der Waals surface area contributed by atoms with Crippen LogP contribution in [0, 0.1) is 12.7 Å². The van der Waals surface area contributed by atoms with Gasteiger partial charge in [0.1, 0.15) is 5.82 Å². The first-order valence-electron chi connectivity index (χ1n) is 7.16. The molecule has 0 heterocycles. The number of benzene rings is 1. The molecule has 0 spiro atoms. The van der Waals surface area contributed by atoms with Gasteiger partial charge in [0.2, 0.25) is 0 Å². The summed E-state index contributed by atoms with van der Waals surface area (Å²) < 4.78 is 13.1. The van der Waals surface area contributed by atoms with Gasteiger partial charge in [-0.3, -0.25) is 0 Å². The van der Waals surface area contributed by atoms with Crippen molar-refractivity contribution in [2.45, 2.75) is 46.2 Å². The second-order valence-electron chi connectivity index (χ2n) is 5.53. The molecule has 1 aromatic carbocycles. The Morgan fingerprint density at radius 2 is 2.00 bits per heavy atom. The molecule has 1 rings (SSSR count). The molecule has 1 N–H and O–H groups in total. The number of rotatable bonds is 8. The summed E-state index contributed by atoms with van der Waals surface area (Å²) in [5.74, 6) is -0.152. The minimum Gasteiger partial charge on any atom is -0.313 e. The SMILES string of the molecule is Cc1ccc(F)cc1CNCCCCN(C)C(C)C. The predicted molar refractivity (Wildman–Crippen MR) is 79.8 cm³/mol. The predicted octanol–water partition coefficient (Wildman–Crippen LogP) is 3.34. The van der Waals surface area contributed by atoms with E-state index in [0.717, 1.165) is 37.2 Å². The first-order valence-corrected chi connectivity index (χ1v) is 7.16. The van der Waals surface area contributed by atoms with E-state index in [2.05, 4.69) is 31.1 Å². The van der Waals surface area contributed by atoms with Gasteiger partial charge in [-0.1, -0.05) is 6.07 Å². The second kappa shape index (κ2) is 8.28. The van der Waals surface area contributed by atoms with Crippen molar-refractivity contribution in [2.75, 3.05) is 20.1 Å². The lowest BCUT2D eigenvalue weighted by Gasteiger charge is -2.20. The summed E-state index contributed by atoms with van der Waals surface area (Å²) in [4.78, 5) is 2.36. The van der Waals surface area contributed by atoms with E-state index in [1.54, 1.807) is 6.07 Å². The lowest BCUT2D eigenvalue weighted by molar-refractivity contribution is 0.268. The summed E-state index contributed by atoms with van der Waals surface area (Å²) in [6.45, 7) is 9.33. The Hall–Kier alpha value is -0.930. The molecule has 3 heteroatoms. The zero-order valence-corrected chi connectivity index (χ0v) is 12.7. The van der Waals surface area contributed by atoms with Crippen LogP contribution in [0.1, 0.15) is 37.8 Å². The molecular formula is C16H27FN2. The maximum absolute atomic E-state index is 13.1. The van der Waals surface area contributed by atoms with Crippen LogP contribution < -0.4 is 5.32 Å². The Labute approximate surface area is 117 Å². The minimum atomic E-state index is -0.152. The maximum Gasteiger partial charge on any atom is 0.123 e. The van der Waals surface area contributed by atoms with Crippen molar-refractivity contribution in [1.29, 1.82) is 0 Å². The lowest BCUT2D eigenvalue weighted by atomic mass is 10.1. The highest BCUT2D eigenvalue weighted by Crippen LogP contribution is 2.09. The highest BCUT2D eigenvalue weighted by Gasteiger charge is 2.02. The molecule has 0 amide bonds. The van der Waals surface area contributed by atoms with E-state index in [0.29, 0.717) is 6.04 Å². The van der Waals surface area contributed by atoms with Crippen LogP contribution in [-0.4, -0.2) is 31.1 Å². The van der Waals surface area contributed by atoms with Crippen LogP contribution in [0.4, 0.5) is 4.39 Å². The molecule has 0 saturated heterocycles. The van der Waals surface area contributed by atoms with Gasteiger partial charge >= 0.3 is 0 Å². The van der Waals surface area contributed by atoms with Crippen LogP contribution >= 0.6 is 0 Å². The number of aryl methyl sites for hydroxylation is 1. The van der Waals surface area contributed by atoms with E-state index in [1.807, 2.05) is 13.0 Å². The van der Waals surface area contributed by atoms with Crippen LogP contribution in [0.2, 0.25) is 0 Å². The molecule has 108 valence electrons. The van der Waals surface area contributed by atoms with Gasteiger partial charge in [-0.05, 0) is 77.0 Å². The monoisotopic (exact) mass is 266 g/mol. The first-order chi connectivity index (χ1) is 9.00. The number of nitrogens with one attached hydrogen (secondary N) is 1. The third-order valence-electron chi connectivity index (χ3n) is 3.62. The van der Waals surface area contributed by atoms with Crippen LogP contribution in [-0.2, 0) is 6.54 Å². The molecule has 19 heavy (non-hydrogen) atoms. The molecule has 0 aromatic heterocycles. The molecule has 1 aromatic rings. The number of unbranched alkanes of at least 4 members (excludes halogenated alkanes) is 1. The Bertz CT molecular complexity index is 377. The summed E-state index contributed by atoms with van der Waals surface area (Å²) >= 11 is 0. The molecule has 2 nitrogen and oxygen atoms in total. The van der Waals surface area contributed by atoms with Gasteiger partial charge in [0.05, 0.1) is 0 Å². The first kappa shape index (κ1) is 16.1. The number of halogens is 1. The molecule has 0 bridgehead atoms. The Morgan fingerprint density at radius 1 is 1.26 bits per heavy atom. The minimum absolute atomic E-state index is 0.152. The van der Waals surface area contributed by atoms with Gasteiger partial charge in [-0.15, -0.1) is 0 Å². The van der Waals surface area contributed by atoms with Crippen molar-refractivity contribution in [3.05, 3.63) is 35.1 Å². The third kappa shape index (κ3) is 6.17. The van der Waals surface area contributed by atoms with Gasteiger partial charge in [-0.25, -0.2) is 4.39 Å². The molecule has 0 aliphatic rings. The highest BCUT2D eigenvalue weighted by molar-refractivity contribution is 5.26. The molecule has 0 aliphatic heterocycles. The topological polar surface area (TPSA) is 15.3 Å². The van der Waals surface area contributed by atoms with E-state index >= 15 is 0 Å². The van der Waals surface area contributed by atoms with E-state index in [9.17, 15) is 4.39 Å².